The van der Waals surface area contributed by atoms with Gasteiger partial charge < -0.3 is 19.9 Å². The van der Waals surface area contributed by atoms with Gasteiger partial charge in [-0.3, -0.25) is 9.69 Å². The Kier molecular flexibility index (Phi) is 7.18. The number of alkyl halides is 1. The molecule has 3 fully saturated rings. The third-order valence-electron chi connectivity index (χ3n) is 9.46. The van der Waals surface area contributed by atoms with E-state index in [4.69, 9.17) is 26.3 Å². The zero-order valence-corrected chi connectivity index (χ0v) is 24.5. The van der Waals surface area contributed by atoms with Gasteiger partial charge in [-0.15, -0.1) is 0 Å². The Morgan fingerprint density at radius 1 is 1.19 bits per heavy atom. The number of anilines is 2. The van der Waals surface area contributed by atoms with Crippen LogP contribution in [-0.2, 0) is 17.8 Å². The number of nitrogens with zero attached hydrogens (tertiary/aromatic N) is 5. The van der Waals surface area contributed by atoms with Crippen molar-refractivity contribution in [1.82, 2.24) is 19.8 Å². The van der Waals surface area contributed by atoms with Crippen molar-refractivity contribution in [1.29, 1.82) is 0 Å². The minimum absolute atomic E-state index is 0.0551. The molecule has 220 valence electrons. The highest BCUT2D eigenvalue weighted by Crippen LogP contribution is 2.41. The minimum Gasteiger partial charge on any atom is -0.461 e. The summed E-state index contributed by atoms with van der Waals surface area (Å²) in [6.45, 7) is 8.04. The summed E-state index contributed by atoms with van der Waals surface area (Å²) in [5.74, 6) is 0.708. The average molecular weight is 591 g/mol. The third-order valence-corrected chi connectivity index (χ3v) is 9.78. The molecular formula is C32H36ClFN6O2. The van der Waals surface area contributed by atoms with E-state index >= 15 is 0 Å². The molecule has 1 amide bonds. The number of fused-ring (bicyclic) bond motifs is 3. The first-order valence-corrected chi connectivity index (χ1v) is 15.3. The first-order valence-electron chi connectivity index (χ1n) is 14.9. The van der Waals surface area contributed by atoms with Crippen molar-refractivity contribution in [3.63, 3.8) is 0 Å². The van der Waals surface area contributed by atoms with Crippen LogP contribution in [-0.4, -0.2) is 82.8 Å². The van der Waals surface area contributed by atoms with Gasteiger partial charge in [0.1, 0.15) is 18.6 Å². The van der Waals surface area contributed by atoms with Crippen LogP contribution in [0.5, 0.6) is 6.01 Å². The van der Waals surface area contributed by atoms with Gasteiger partial charge in [0.2, 0.25) is 5.91 Å². The monoisotopic (exact) mass is 590 g/mol. The van der Waals surface area contributed by atoms with E-state index in [2.05, 4.69) is 46.0 Å². The molecule has 0 unspecified atom stereocenters. The lowest BCUT2D eigenvalue weighted by molar-refractivity contribution is -0.125. The summed E-state index contributed by atoms with van der Waals surface area (Å²) in [5, 5.41) is 6.49. The number of rotatable bonds is 7. The molecule has 0 radical (unpaired) electrons. The van der Waals surface area contributed by atoms with Crippen LogP contribution in [0.25, 0.3) is 10.8 Å². The number of ether oxygens (including phenoxy) is 1. The number of hydrogen-bond donors (Lipinski definition) is 1. The van der Waals surface area contributed by atoms with Gasteiger partial charge in [0, 0.05) is 55.3 Å². The highest BCUT2D eigenvalue weighted by Gasteiger charge is 2.49. The number of benzene rings is 2. The fraction of sp³-hybridized carbons (Fsp3) is 0.469. The number of hydrogen-bond acceptors (Lipinski definition) is 7. The van der Waals surface area contributed by atoms with Crippen molar-refractivity contribution in [2.75, 3.05) is 49.5 Å². The molecule has 7 rings (SSSR count). The van der Waals surface area contributed by atoms with E-state index in [1.165, 1.54) is 6.08 Å². The molecule has 42 heavy (non-hydrogen) atoms. The molecule has 5 heterocycles. The van der Waals surface area contributed by atoms with Crippen molar-refractivity contribution >= 4 is 39.8 Å². The predicted molar refractivity (Wildman–Crippen MR) is 163 cm³/mol. The fourth-order valence-corrected chi connectivity index (χ4v) is 7.66. The van der Waals surface area contributed by atoms with Gasteiger partial charge in [0.25, 0.3) is 0 Å². The first kappa shape index (κ1) is 27.4. The quantitative estimate of drug-likeness (QED) is 0.388. The van der Waals surface area contributed by atoms with Crippen molar-refractivity contribution in [3.8, 4) is 6.01 Å². The lowest BCUT2D eigenvalue weighted by Crippen LogP contribution is -2.43. The molecule has 0 spiro atoms. The molecule has 0 aliphatic carbocycles. The molecule has 4 aliphatic rings. The normalized spacial score (nSPS) is 25.5. The van der Waals surface area contributed by atoms with E-state index in [0.29, 0.717) is 45.2 Å². The Bertz CT molecular complexity index is 1530. The minimum atomic E-state index is -0.819. The highest BCUT2D eigenvalue weighted by atomic mass is 35.5. The Hall–Kier alpha value is -3.43. The SMILES string of the molecule is C=CC(=O)N1CC[C@@H](Nc2nc(OC[C@@]34CCCN3C[C@H](F)C4)nc3c2CCN(c2cccc4cccc(Cl)c24)C3)C1. The summed E-state index contributed by atoms with van der Waals surface area (Å²) in [5.41, 5.74) is 2.78. The van der Waals surface area contributed by atoms with Crippen LogP contribution in [0.1, 0.15) is 36.9 Å². The third kappa shape index (κ3) is 4.96. The summed E-state index contributed by atoms with van der Waals surface area (Å²) >= 11 is 6.68. The van der Waals surface area contributed by atoms with Crippen LogP contribution in [0.2, 0.25) is 5.02 Å². The number of aromatic nitrogens is 2. The van der Waals surface area contributed by atoms with E-state index < -0.39 is 6.17 Å². The van der Waals surface area contributed by atoms with E-state index in [1.807, 2.05) is 17.0 Å². The molecule has 3 saturated heterocycles. The largest absolute Gasteiger partial charge is 0.461 e. The van der Waals surface area contributed by atoms with Gasteiger partial charge in [-0.05, 0) is 55.8 Å². The van der Waals surface area contributed by atoms with Crippen molar-refractivity contribution in [3.05, 3.63) is 65.3 Å². The van der Waals surface area contributed by atoms with Crippen LogP contribution >= 0.6 is 11.6 Å². The van der Waals surface area contributed by atoms with Crippen molar-refractivity contribution in [2.24, 2.45) is 0 Å². The van der Waals surface area contributed by atoms with E-state index in [0.717, 1.165) is 77.3 Å². The highest BCUT2D eigenvalue weighted by molar-refractivity contribution is 6.36. The molecule has 2 aromatic carbocycles. The van der Waals surface area contributed by atoms with E-state index in [1.54, 1.807) is 0 Å². The standard InChI is InChI=1S/C32H36ClFN6O2/c1-2-28(41)39-14-10-23(18-39)35-30-24-11-15-38(27-9-4-7-21-6-3-8-25(33)29(21)27)19-26(24)36-31(37-30)42-20-32-12-5-13-40(32)17-22(34)16-32/h2-4,6-9,22-23H,1,5,10-20H2,(H,35,36,37)/t22-,23-,32+/m1/s1. The number of carbonyl (C=O) groups excluding carboxylic acids is 1. The molecule has 4 aliphatic heterocycles. The molecule has 1 N–H and O–H groups in total. The van der Waals surface area contributed by atoms with Crippen LogP contribution < -0.4 is 15.0 Å². The molecular weight excluding hydrogens is 555 g/mol. The van der Waals surface area contributed by atoms with Gasteiger partial charge in [-0.25, -0.2) is 4.39 Å². The maximum absolute atomic E-state index is 14.4. The van der Waals surface area contributed by atoms with Gasteiger partial charge in [0.05, 0.1) is 22.8 Å². The first-order chi connectivity index (χ1) is 20.4. The van der Waals surface area contributed by atoms with Crippen LogP contribution in [0.15, 0.2) is 49.1 Å². The van der Waals surface area contributed by atoms with E-state index in [9.17, 15) is 9.18 Å². The molecule has 10 heteroatoms. The van der Waals surface area contributed by atoms with Gasteiger partial charge in [-0.1, -0.05) is 42.4 Å². The van der Waals surface area contributed by atoms with Crippen LogP contribution in [0.4, 0.5) is 15.9 Å². The molecule has 0 bridgehead atoms. The predicted octanol–water partition coefficient (Wildman–Crippen LogP) is 5.00. The maximum Gasteiger partial charge on any atom is 0.318 e. The van der Waals surface area contributed by atoms with Gasteiger partial charge >= 0.3 is 6.01 Å². The lowest BCUT2D eigenvalue weighted by Gasteiger charge is -2.33. The van der Waals surface area contributed by atoms with Gasteiger partial charge in [-0.2, -0.15) is 9.97 Å². The average Bonchev–Trinajstić information content (AvgIpc) is 3.69. The lowest BCUT2D eigenvalue weighted by atomic mass is 9.95. The molecule has 0 saturated carbocycles. The zero-order valence-electron chi connectivity index (χ0n) is 23.7. The Labute approximate surface area is 250 Å². The smallest absolute Gasteiger partial charge is 0.318 e. The Morgan fingerprint density at radius 3 is 2.90 bits per heavy atom. The molecule has 3 atom stereocenters. The second kappa shape index (κ2) is 11.0. The molecule has 8 nitrogen and oxygen atoms in total. The number of nitrogens with one attached hydrogen (secondary N) is 1. The topological polar surface area (TPSA) is 73.8 Å². The Balaban J connectivity index is 1.19. The van der Waals surface area contributed by atoms with Crippen LogP contribution in [0, 0.1) is 0 Å². The summed E-state index contributed by atoms with van der Waals surface area (Å²) in [6, 6.07) is 12.6. The summed E-state index contributed by atoms with van der Waals surface area (Å²) in [4.78, 5) is 28.4. The Morgan fingerprint density at radius 2 is 2.05 bits per heavy atom. The summed E-state index contributed by atoms with van der Waals surface area (Å²) in [7, 11) is 0. The number of carbonyl (C=O) groups is 1. The second-order valence-corrected chi connectivity index (χ2v) is 12.5. The number of amides is 1. The second-order valence-electron chi connectivity index (χ2n) is 12.0. The van der Waals surface area contributed by atoms with Gasteiger partial charge in [0.15, 0.2) is 0 Å². The fourth-order valence-electron chi connectivity index (χ4n) is 7.39. The van der Waals surface area contributed by atoms with Crippen molar-refractivity contribution in [2.45, 2.75) is 56.4 Å². The number of likely N-dealkylation sites (tertiary alicyclic amines) is 1. The van der Waals surface area contributed by atoms with E-state index in [-0.39, 0.29) is 17.5 Å². The zero-order chi connectivity index (χ0) is 28.8. The maximum atomic E-state index is 14.4. The summed E-state index contributed by atoms with van der Waals surface area (Å²) in [6.07, 6.45) is 4.60. The number of halogens is 2. The molecule has 1 aromatic heterocycles. The molecule has 3 aromatic rings. The van der Waals surface area contributed by atoms with Crippen molar-refractivity contribution < 1.29 is 13.9 Å². The summed E-state index contributed by atoms with van der Waals surface area (Å²) < 4.78 is 20.7. The van der Waals surface area contributed by atoms with Crippen LogP contribution in [0.3, 0.4) is 0 Å².